The molecular formula is C16H14ClF3N2O2. The second-order valence-corrected chi connectivity index (χ2v) is 5.27. The molecule has 8 heteroatoms. The molecule has 2 N–H and O–H groups in total. The highest BCUT2D eigenvalue weighted by Crippen LogP contribution is 2.21. The predicted octanol–water partition coefficient (Wildman–Crippen LogP) is 4.27. The van der Waals surface area contributed by atoms with Crippen LogP contribution in [-0.2, 0) is 0 Å². The van der Waals surface area contributed by atoms with Crippen LogP contribution in [0.1, 0.15) is 5.56 Å². The fourth-order valence-corrected chi connectivity index (χ4v) is 1.95. The van der Waals surface area contributed by atoms with Crippen molar-refractivity contribution < 1.29 is 22.7 Å². The summed E-state index contributed by atoms with van der Waals surface area (Å²) < 4.78 is 44.7. The molecular weight excluding hydrogens is 345 g/mol. The lowest BCUT2D eigenvalue weighted by Gasteiger charge is -2.10. The van der Waals surface area contributed by atoms with E-state index < -0.39 is 29.2 Å². The number of anilines is 1. The number of carbonyl (C=O) groups is 1. The van der Waals surface area contributed by atoms with Crippen molar-refractivity contribution in [2.24, 2.45) is 0 Å². The van der Waals surface area contributed by atoms with Crippen molar-refractivity contribution in [3.05, 3.63) is 58.4 Å². The Bertz CT molecular complexity index is 756. The van der Waals surface area contributed by atoms with Crippen LogP contribution in [0.15, 0.2) is 30.3 Å². The Hall–Kier alpha value is -2.41. The topological polar surface area (TPSA) is 50.4 Å². The number of hydrogen-bond acceptors (Lipinski definition) is 2. The minimum Gasteiger partial charge on any atom is -0.492 e. The summed E-state index contributed by atoms with van der Waals surface area (Å²) in [5.74, 6) is -3.84. The Kier molecular flexibility index (Phi) is 5.92. The van der Waals surface area contributed by atoms with Gasteiger partial charge in [0.1, 0.15) is 12.4 Å². The van der Waals surface area contributed by atoms with E-state index in [-0.39, 0.29) is 13.2 Å². The minimum absolute atomic E-state index is 0.124. The second kappa shape index (κ2) is 7.92. The first kappa shape index (κ1) is 17.9. The van der Waals surface area contributed by atoms with Gasteiger partial charge in [-0.1, -0.05) is 11.6 Å². The number of rotatable bonds is 5. The fraction of sp³-hybridized carbons (Fsp3) is 0.188. The van der Waals surface area contributed by atoms with E-state index in [0.717, 1.165) is 17.7 Å². The SMILES string of the molecule is Cc1cc(OCCNC(=O)Nc2ccc(F)c(F)c2F)ccc1Cl. The third kappa shape index (κ3) is 4.55. The number of aryl methyl sites for hydroxylation is 1. The van der Waals surface area contributed by atoms with E-state index in [1.165, 1.54) is 0 Å². The minimum atomic E-state index is -1.64. The first-order valence-corrected chi connectivity index (χ1v) is 7.33. The summed E-state index contributed by atoms with van der Waals surface area (Å²) in [5.41, 5.74) is 0.398. The zero-order valence-corrected chi connectivity index (χ0v) is 13.4. The van der Waals surface area contributed by atoms with Crippen molar-refractivity contribution in [1.82, 2.24) is 5.32 Å². The molecule has 0 spiro atoms. The van der Waals surface area contributed by atoms with Crippen molar-refractivity contribution in [2.45, 2.75) is 6.92 Å². The molecule has 0 aliphatic heterocycles. The molecule has 2 aromatic carbocycles. The molecule has 0 atom stereocenters. The lowest BCUT2D eigenvalue weighted by atomic mass is 10.2. The lowest BCUT2D eigenvalue weighted by molar-refractivity contribution is 0.247. The number of urea groups is 1. The van der Waals surface area contributed by atoms with Gasteiger partial charge < -0.3 is 15.4 Å². The van der Waals surface area contributed by atoms with E-state index in [1.54, 1.807) is 18.2 Å². The molecule has 0 unspecified atom stereocenters. The average molecular weight is 359 g/mol. The third-order valence-corrected chi connectivity index (χ3v) is 3.49. The van der Waals surface area contributed by atoms with Crippen LogP contribution in [0.2, 0.25) is 5.02 Å². The van der Waals surface area contributed by atoms with Gasteiger partial charge >= 0.3 is 6.03 Å². The standard InChI is InChI=1S/C16H14ClF3N2O2/c1-9-8-10(2-3-11(9)17)24-7-6-21-16(23)22-13-5-4-12(18)14(19)15(13)20/h2-5,8H,6-7H2,1H3,(H2,21,22,23). The summed E-state index contributed by atoms with van der Waals surface area (Å²) in [4.78, 5) is 11.6. The van der Waals surface area contributed by atoms with E-state index in [4.69, 9.17) is 16.3 Å². The zero-order valence-electron chi connectivity index (χ0n) is 12.6. The summed E-state index contributed by atoms with van der Waals surface area (Å²) >= 11 is 5.89. The van der Waals surface area contributed by atoms with Crippen LogP contribution < -0.4 is 15.4 Å². The van der Waals surface area contributed by atoms with Crippen LogP contribution in [0.4, 0.5) is 23.7 Å². The molecule has 2 aromatic rings. The predicted molar refractivity (Wildman–Crippen MR) is 85.0 cm³/mol. The summed E-state index contributed by atoms with van der Waals surface area (Å²) in [6, 6.07) is 6.01. The molecule has 0 bridgehead atoms. The number of halogens is 4. The number of amides is 2. The van der Waals surface area contributed by atoms with Crippen LogP contribution in [0, 0.1) is 24.4 Å². The number of carbonyl (C=O) groups excluding carboxylic acids is 1. The molecule has 4 nitrogen and oxygen atoms in total. The maximum atomic E-state index is 13.4. The zero-order chi connectivity index (χ0) is 17.7. The number of hydrogen-bond donors (Lipinski definition) is 2. The molecule has 0 saturated heterocycles. The van der Waals surface area contributed by atoms with Gasteiger partial charge in [-0.2, -0.15) is 0 Å². The first-order valence-electron chi connectivity index (χ1n) is 6.96. The summed E-state index contributed by atoms with van der Waals surface area (Å²) in [6.07, 6.45) is 0. The summed E-state index contributed by atoms with van der Waals surface area (Å²) in [6.45, 7) is 2.12. The Morgan fingerprint density at radius 1 is 1.17 bits per heavy atom. The molecule has 0 aromatic heterocycles. The highest BCUT2D eigenvalue weighted by Gasteiger charge is 2.14. The van der Waals surface area contributed by atoms with Crippen LogP contribution in [-0.4, -0.2) is 19.2 Å². The molecule has 2 amide bonds. The molecule has 0 aliphatic carbocycles. The van der Waals surface area contributed by atoms with E-state index >= 15 is 0 Å². The quantitative estimate of drug-likeness (QED) is 0.619. The summed E-state index contributed by atoms with van der Waals surface area (Å²) in [5, 5.41) is 5.11. The van der Waals surface area contributed by atoms with Gasteiger partial charge in [-0.25, -0.2) is 18.0 Å². The Balaban J connectivity index is 1.79. The first-order chi connectivity index (χ1) is 11.4. The molecule has 0 aliphatic rings. The Morgan fingerprint density at radius 2 is 1.92 bits per heavy atom. The highest BCUT2D eigenvalue weighted by atomic mass is 35.5. The van der Waals surface area contributed by atoms with Crippen molar-refractivity contribution in [1.29, 1.82) is 0 Å². The van der Waals surface area contributed by atoms with E-state index in [2.05, 4.69) is 10.6 Å². The number of ether oxygens (including phenoxy) is 1. The molecule has 0 fully saturated rings. The fourth-order valence-electron chi connectivity index (χ4n) is 1.83. The van der Waals surface area contributed by atoms with Crippen LogP contribution in [0.25, 0.3) is 0 Å². The maximum Gasteiger partial charge on any atom is 0.319 e. The van der Waals surface area contributed by atoms with Gasteiger partial charge in [-0.15, -0.1) is 0 Å². The van der Waals surface area contributed by atoms with Crippen LogP contribution in [0.3, 0.4) is 0 Å². The molecule has 0 heterocycles. The molecule has 0 saturated carbocycles. The largest absolute Gasteiger partial charge is 0.492 e. The monoisotopic (exact) mass is 358 g/mol. The Labute approximate surface area is 141 Å². The van der Waals surface area contributed by atoms with E-state index in [9.17, 15) is 18.0 Å². The highest BCUT2D eigenvalue weighted by molar-refractivity contribution is 6.31. The maximum absolute atomic E-state index is 13.4. The normalized spacial score (nSPS) is 10.4. The molecule has 0 radical (unpaired) electrons. The second-order valence-electron chi connectivity index (χ2n) is 4.86. The molecule has 2 rings (SSSR count). The molecule has 128 valence electrons. The van der Waals surface area contributed by atoms with E-state index in [0.29, 0.717) is 10.8 Å². The number of nitrogens with one attached hydrogen (secondary N) is 2. The Morgan fingerprint density at radius 3 is 2.62 bits per heavy atom. The van der Waals surface area contributed by atoms with Gasteiger partial charge in [0.25, 0.3) is 0 Å². The van der Waals surface area contributed by atoms with Gasteiger partial charge in [0.05, 0.1) is 12.2 Å². The molecule has 24 heavy (non-hydrogen) atoms. The van der Waals surface area contributed by atoms with Gasteiger partial charge in [0, 0.05) is 5.02 Å². The smallest absolute Gasteiger partial charge is 0.319 e. The number of benzene rings is 2. The summed E-state index contributed by atoms with van der Waals surface area (Å²) in [7, 11) is 0. The van der Waals surface area contributed by atoms with Crippen molar-refractivity contribution >= 4 is 23.3 Å². The van der Waals surface area contributed by atoms with Crippen molar-refractivity contribution in [2.75, 3.05) is 18.5 Å². The lowest BCUT2D eigenvalue weighted by Crippen LogP contribution is -2.32. The van der Waals surface area contributed by atoms with Crippen LogP contribution in [0.5, 0.6) is 5.75 Å². The average Bonchev–Trinajstić information content (AvgIpc) is 2.55. The van der Waals surface area contributed by atoms with Crippen molar-refractivity contribution in [3.63, 3.8) is 0 Å². The van der Waals surface area contributed by atoms with Gasteiger partial charge in [-0.3, -0.25) is 0 Å². The van der Waals surface area contributed by atoms with Gasteiger partial charge in [0.2, 0.25) is 0 Å². The van der Waals surface area contributed by atoms with Gasteiger partial charge in [0.15, 0.2) is 17.5 Å². The van der Waals surface area contributed by atoms with Crippen molar-refractivity contribution in [3.8, 4) is 5.75 Å². The van der Waals surface area contributed by atoms with Crippen LogP contribution >= 0.6 is 11.6 Å². The van der Waals surface area contributed by atoms with E-state index in [1.807, 2.05) is 6.92 Å². The third-order valence-electron chi connectivity index (χ3n) is 3.07. The van der Waals surface area contributed by atoms with Gasteiger partial charge in [-0.05, 0) is 42.8 Å².